The molecule has 4 bridgehead atoms. The van der Waals surface area contributed by atoms with Crippen molar-refractivity contribution in [3.8, 4) is 5.75 Å². The molecule has 2 saturated heterocycles. The van der Waals surface area contributed by atoms with Gasteiger partial charge in [0, 0.05) is 69.6 Å². The molecule has 5 rings (SSSR count). The van der Waals surface area contributed by atoms with Crippen LogP contribution < -0.4 is 47.3 Å². The van der Waals surface area contributed by atoms with E-state index in [0.29, 0.717) is 37.1 Å². The molecule has 9 N–H and O–H groups in total. The Morgan fingerprint density at radius 3 is 2.37 bits per heavy atom. The molecular formula is C57H78ClN9O15. The molecule has 4 heterocycles. The third kappa shape index (κ3) is 17.7. The minimum atomic E-state index is -1.90. The smallest absolute Gasteiger partial charge is 0.411 e. The van der Waals surface area contributed by atoms with Crippen LogP contribution in [0.5, 0.6) is 5.75 Å². The monoisotopic (exact) mass is 1160 g/mol. The van der Waals surface area contributed by atoms with Crippen molar-refractivity contribution in [1.82, 2.24) is 36.8 Å². The normalized spacial score (nSPS) is 25.8. The number of allylic oxidation sites excluding steroid dienone is 7. The Hall–Kier alpha value is -7.54. The quantitative estimate of drug-likeness (QED) is 0.0343. The molecule has 448 valence electrons. The summed E-state index contributed by atoms with van der Waals surface area (Å²) in [4.78, 5) is 120. The summed E-state index contributed by atoms with van der Waals surface area (Å²) < 4.78 is 29.3. The number of imide groups is 1. The molecule has 82 heavy (non-hydrogen) atoms. The highest BCUT2D eigenvalue weighted by atomic mass is 35.5. The van der Waals surface area contributed by atoms with Crippen molar-refractivity contribution >= 4 is 70.9 Å². The largest absolute Gasteiger partial charge is 0.495 e. The second-order valence-electron chi connectivity index (χ2n) is 21.2. The molecular weight excluding hydrogens is 1090 g/mol. The fraction of sp³-hybridized carbons (Fsp3) is 0.526. The SMILES string of the molecule is C=C/C(=C\C=C(/C)NC(=O)O[C@H]1CC(=O)N(C)c2cc(cc(OC)c2Cl)C/C(C)=C/C=C/[C@@H](OC)[C@@]2(O)C[C@H](OC(=O)N2)[C@@H](C)[C@@H]2O[C@@]12C)NC(=O)[C@H](CCCNC(N)=O)NC(=O)[C@@H](NC(=O)CCCCCN1C(=O)C=CC1=O)C(C)C. The summed E-state index contributed by atoms with van der Waals surface area (Å²) in [6.07, 6.45) is 7.55. The number of nitrogens with one attached hydrogen (secondary N) is 6. The van der Waals surface area contributed by atoms with Gasteiger partial charge in [0.2, 0.25) is 23.6 Å². The van der Waals surface area contributed by atoms with Gasteiger partial charge < -0.3 is 60.7 Å². The van der Waals surface area contributed by atoms with Gasteiger partial charge in [-0.15, -0.1) is 0 Å². The summed E-state index contributed by atoms with van der Waals surface area (Å²) in [5, 5.41) is 27.8. The molecule has 1 aromatic rings. The third-order valence-electron chi connectivity index (χ3n) is 14.6. The van der Waals surface area contributed by atoms with E-state index in [1.165, 1.54) is 63.5 Å². The second kappa shape index (κ2) is 29.4. The van der Waals surface area contributed by atoms with E-state index in [9.17, 15) is 48.3 Å². The van der Waals surface area contributed by atoms with Gasteiger partial charge in [-0.2, -0.15) is 0 Å². The summed E-state index contributed by atoms with van der Waals surface area (Å²) in [5.41, 5.74) is 4.31. The second-order valence-corrected chi connectivity index (χ2v) is 21.6. The minimum absolute atomic E-state index is 0.0323. The zero-order chi connectivity index (χ0) is 60.6. The van der Waals surface area contributed by atoms with E-state index in [1.54, 1.807) is 52.0 Å². The van der Waals surface area contributed by atoms with Gasteiger partial charge in [0.05, 0.1) is 25.3 Å². The van der Waals surface area contributed by atoms with Crippen molar-refractivity contribution in [3.05, 3.63) is 94.9 Å². The van der Waals surface area contributed by atoms with Crippen LogP contribution >= 0.6 is 11.6 Å². The van der Waals surface area contributed by atoms with Crippen molar-refractivity contribution in [2.45, 2.75) is 147 Å². The van der Waals surface area contributed by atoms with Crippen LogP contribution in [0.25, 0.3) is 0 Å². The number of fused-ring (bicyclic) bond motifs is 5. The number of halogens is 1. The van der Waals surface area contributed by atoms with E-state index in [4.69, 9.17) is 41.0 Å². The van der Waals surface area contributed by atoms with Gasteiger partial charge in [-0.1, -0.05) is 69.2 Å². The highest BCUT2D eigenvalue weighted by molar-refractivity contribution is 6.35. The van der Waals surface area contributed by atoms with Gasteiger partial charge in [-0.3, -0.25) is 44.3 Å². The van der Waals surface area contributed by atoms with Crippen LogP contribution in [0.4, 0.5) is 20.1 Å². The summed E-state index contributed by atoms with van der Waals surface area (Å²) in [5.74, 6) is -3.72. The number of hydrogen-bond acceptors (Lipinski definition) is 15. The lowest BCUT2D eigenvalue weighted by Gasteiger charge is -2.42. The van der Waals surface area contributed by atoms with Gasteiger partial charge in [0.25, 0.3) is 11.8 Å². The van der Waals surface area contributed by atoms with E-state index < -0.39 is 108 Å². The number of urea groups is 1. The molecule has 4 aliphatic rings. The number of nitrogens with zero attached hydrogens (tertiary/aromatic N) is 2. The molecule has 2 fully saturated rings. The number of anilines is 1. The van der Waals surface area contributed by atoms with Crippen LogP contribution in [0.2, 0.25) is 5.02 Å². The number of benzene rings is 1. The number of hydrogen-bond donors (Lipinski definition) is 8. The van der Waals surface area contributed by atoms with Gasteiger partial charge in [-0.05, 0) is 94.7 Å². The number of methoxy groups -OCH3 is 2. The molecule has 24 nitrogen and oxygen atoms in total. The highest BCUT2D eigenvalue weighted by Crippen LogP contribution is 2.49. The maximum Gasteiger partial charge on any atom is 0.411 e. The zero-order valence-corrected chi connectivity index (χ0v) is 48.6. The van der Waals surface area contributed by atoms with Gasteiger partial charge in [-0.25, -0.2) is 14.4 Å². The first-order valence-electron chi connectivity index (χ1n) is 27.1. The van der Waals surface area contributed by atoms with E-state index in [1.807, 2.05) is 13.0 Å². The summed E-state index contributed by atoms with van der Waals surface area (Å²) >= 11 is 6.82. The molecule has 9 atom stereocenters. The van der Waals surface area contributed by atoms with Crippen LogP contribution in [0.15, 0.2) is 84.3 Å². The Morgan fingerprint density at radius 1 is 1.01 bits per heavy atom. The number of primary amides is 1. The number of ether oxygens (including phenoxy) is 5. The van der Waals surface area contributed by atoms with E-state index in [2.05, 4.69) is 38.5 Å². The Morgan fingerprint density at radius 2 is 1.72 bits per heavy atom. The molecule has 0 aliphatic carbocycles. The maximum atomic E-state index is 14.4. The molecule has 0 saturated carbocycles. The fourth-order valence-electron chi connectivity index (χ4n) is 9.78. The van der Waals surface area contributed by atoms with Crippen LogP contribution in [-0.4, -0.2) is 146 Å². The van der Waals surface area contributed by atoms with Crippen LogP contribution in [0, 0.1) is 11.8 Å². The Bertz CT molecular complexity index is 2740. The topological polar surface area (TPSA) is 328 Å². The van der Waals surface area contributed by atoms with Crippen molar-refractivity contribution < 1.29 is 71.9 Å². The highest BCUT2D eigenvalue weighted by Gasteiger charge is 2.64. The lowest BCUT2D eigenvalue weighted by atomic mass is 9.83. The Labute approximate surface area is 482 Å². The lowest BCUT2D eigenvalue weighted by Crippen LogP contribution is -2.63. The maximum absolute atomic E-state index is 14.4. The summed E-state index contributed by atoms with van der Waals surface area (Å²) in [7, 11) is 4.39. The first-order chi connectivity index (χ1) is 38.7. The Kier molecular flexibility index (Phi) is 23.4. The molecule has 0 spiro atoms. The van der Waals surface area contributed by atoms with Crippen LogP contribution in [0.1, 0.15) is 98.5 Å². The number of rotatable bonds is 22. The lowest BCUT2D eigenvalue weighted by molar-refractivity contribution is -0.142. The fourth-order valence-corrected chi connectivity index (χ4v) is 10.1. The zero-order valence-electron chi connectivity index (χ0n) is 47.9. The van der Waals surface area contributed by atoms with Crippen LogP contribution in [0.3, 0.4) is 0 Å². The Balaban J connectivity index is 1.31. The van der Waals surface area contributed by atoms with Crippen molar-refractivity contribution in [3.63, 3.8) is 0 Å². The van der Waals surface area contributed by atoms with E-state index in [0.717, 1.165) is 16.0 Å². The van der Waals surface area contributed by atoms with Crippen LogP contribution in [-0.2, 0) is 54.1 Å². The average molecular weight is 1160 g/mol. The van der Waals surface area contributed by atoms with Crippen molar-refractivity contribution in [1.29, 1.82) is 0 Å². The van der Waals surface area contributed by atoms with Gasteiger partial charge in [0.1, 0.15) is 46.8 Å². The molecule has 0 unspecified atom stereocenters. The number of carbonyl (C=O) groups is 9. The minimum Gasteiger partial charge on any atom is -0.495 e. The number of unbranched alkanes of at least 4 members (excludes halogenated alkanes) is 2. The first kappa shape index (κ1) is 65.3. The molecule has 4 aliphatic heterocycles. The van der Waals surface area contributed by atoms with E-state index in [-0.39, 0.29) is 67.0 Å². The van der Waals surface area contributed by atoms with Crippen molar-refractivity contribution in [2.75, 3.05) is 39.3 Å². The molecule has 25 heteroatoms. The number of amides is 10. The first-order valence-corrected chi connectivity index (χ1v) is 27.5. The van der Waals surface area contributed by atoms with Crippen molar-refractivity contribution in [2.24, 2.45) is 17.6 Å². The number of nitrogens with two attached hydrogens (primary N) is 1. The average Bonchev–Trinajstić information content (AvgIpc) is 1.99. The number of carbonyl (C=O) groups excluding carboxylic acids is 9. The predicted octanol–water partition coefficient (Wildman–Crippen LogP) is 4.50. The van der Waals surface area contributed by atoms with Gasteiger partial charge >= 0.3 is 18.2 Å². The number of alkyl carbamates (subject to hydrolysis) is 2. The molecule has 0 aromatic heterocycles. The summed E-state index contributed by atoms with van der Waals surface area (Å²) in [6, 6.07) is 0.503. The third-order valence-corrected chi connectivity index (χ3v) is 14.9. The molecule has 0 radical (unpaired) electrons. The predicted molar refractivity (Wildman–Crippen MR) is 302 cm³/mol. The van der Waals surface area contributed by atoms with Gasteiger partial charge in [0.15, 0.2) is 5.72 Å². The molecule has 1 aromatic carbocycles. The number of epoxide rings is 1. The van der Waals surface area contributed by atoms with E-state index >= 15 is 0 Å². The standard InChI is InChI=1S/C57H78ClN9O15/c1-11-37(62-51(72)38(18-16-25-60-53(59)74)63-52(73)49(32(2)3)64-44(68)20-13-12-14-26-67-45(69)23-24-46(67)70)22-21-34(5)61-54(75)81-43-30-47(71)66(8)39-28-36(29-40(78-9)48(39)58)27-33(4)17-15-19-42(79-10)57(77)31-41(80-55(76)65-57)35(6)50-56(43,7)82-50/h11,15,17,19,21-24,28-29,32,35,38,41-43,49-50,77H,1,12-14,16,18,20,25-27,30-31H2,2-10H3,(H,61,75)(H,62,72)(H,63,73)(H,64,68)(H,65,76)(H3,59,60,74)/b19-15+,33-17+,34-21+,37-22+/t35-,38+,41+,42-,43+,49+,50+,56+,57+/m1/s1. The number of aliphatic hydroxyl groups is 1. The molecule has 10 amide bonds. The summed E-state index contributed by atoms with van der Waals surface area (Å²) in [6.45, 7) is 14.4.